The van der Waals surface area contributed by atoms with E-state index in [0.29, 0.717) is 25.4 Å². The van der Waals surface area contributed by atoms with Gasteiger partial charge in [-0.1, -0.05) is 32.9 Å². The van der Waals surface area contributed by atoms with E-state index in [1.165, 1.54) is 10.5 Å². The van der Waals surface area contributed by atoms with Gasteiger partial charge < -0.3 is 24.4 Å². The summed E-state index contributed by atoms with van der Waals surface area (Å²) in [7, 11) is 0. The number of rotatable bonds is 7. The van der Waals surface area contributed by atoms with Crippen molar-refractivity contribution < 1.29 is 28.6 Å². The number of piperazine rings is 1. The van der Waals surface area contributed by atoms with Crippen LogP contribution in [0.2, 0.25) is 0 Å². The quantitative estimate of drug-likeness (QED) is 0.661. The smallest absolute Gasteiger partial charge is 0.308 e. The summed E-state index contributed by atoms with van der Waals surface area (Å²) < 4.78 is 16.3. The molecule has 0 unspecified atom stereocenters. The Kier molecular flexibility index (Phi) is 7.54. The Morgan fingerprint density at radius 1 is 1.23 bits per heavy atom. The van der Waals surface area contributed by atoms with Crippen LogP contribution in [0.15, 0.2) is 24.3 Å². The van der Waals surface area contributed by atoms with Crippen LogP contribution in [0.1, 0.15) is 45.6 Å². The molecule has 0 spiro atoms. The second kappa shape index (κ2) is 10.1. The maximum atomic E-state index is 12.8. The first-order valence-corrected chi connectivity index (χ1v) is 10.8. The highest BCUT2D eigenvalue weighted by Crippen LogP contribution is 2.24. The topological polar surface area (TPSA) is 94.2 Å². The van der Waals surface area contributed by atoms with Crippen LogP contribution in [0.5, 0.6) is 5.75 Å². The number of hydrogen-bond donors (Lipinski definition) is 1. The highest BCUT2D eigenvalue weighted by Gasteiger charge is 2.35. The van der Waals surface area contributed by atoms with Crippen LogP contribution < -0.4 is 10.1 Å². The second-order valence-corrected chi connectivity index (χ2v) is 8.98. The summed E-state index contributed by atoms with van der Waals surface area (Å²) in [6.45, 7) is 7.68. The van der Waals surface area contributed by atoms with Gasteiger partial charge >= 0.3 is 5.97 Å². The number of nitrogens with one attached hydrogen (secondary N) is 1. The molecule has 2 fully saturated rings. The molecule has 2 heterocycles. The van der Waals surface area contributed by atoms with Gasteiger partial charge in [-0.25, -0.2) is 0 Å². The summed E-state index contributed by atoms with van der Waals surface area (Å²) in [5.41, 5.74) is 1.20. The third kappa shape index (κ3) is 6.43. The van der Waals surface area contributed by atoms with E-state index < -0.39 is 12.0 Å². The maximum absolute atomic E-state index is 12.8. The number of carbonyl (C=O) groups excluding carboxylic acids is 3. The van der Waals surface area contributed by atoms with Crippen LogP contribution >= 0.6 is 0 Å². The van der Waals surface area contributed by atoms with Crippen molar-refractivity contribution in [1.29, 1.82) is 0 Å². The van der Waals surface area contributed by atoms with Crippen LogP contribution in [0, 0.1) is 0 Å². The predicted molar refractivity (Wildman–Crippen MR) is 114 cm³/mol. The van der Waals surface area contributed by atoms with Gasteiger partial charge in [-0.3, -0.25) is 14.4 Å². The molecule has 2 aliphatic heterocycles. The first-order chi connectivity index (χ1) is 14.7. The van der Waals surface area contributed by atoms with E-state index >= 15 is 0 Å². The first kappa shape index (κ1) is 23.1. The van der Waals surface area contributed by atoms with Gasteiger partial charge in [0.25, 0.3) is 5.91 Å². The van der Waals surface area contributed by atoms with Gasteiger partial charge in [0.2, 0.25) is 5.91 Å². The van der Waals surface area contributed by atoms with Crippen LogP contribution in [-0.4, -0.2) is 67.7 Å². The highest BCUT2D eigenvalue weighted by atomic mass is 16.6. The molecular formula is C23H32N2O6. The summed E-state index contributed by atoms with van der Waals surface area (Å²) in [6, 6.07) is 6.71. The molecule has 2 aliphatic rings. The number of hydrogen-bond acceptors (Lipinski definition) is 6. The van der Waals surface area contributed by atoms with Gasteiger partial charge in [-0.2, -0.15) is 0 Å². The van der Waals surface area contributed by atoms with Crippen molar-refractivity contribution in [3.63, 3.8) is 0 Å². The Morgan fingerprint density at radius 3 is 2.61 bits per heavy atom. The van der Waals surface area contributed by atoms with Crippen molar-refractivity contribution >= 4 is 17.8 Å². The Morgan fingerprint density at radius 2 is 1.97 bits per heavy atom. The van der Waals surface area contributed by atoms with Crippen LogP contribution in [0.4, 0.5) is 0 Å². The average Bonchev–Trinajstić information content (AvgIpc) is 3.25. The molecule has 1 N–H and O–H groups in total. The Bertz CT molecular complexity index is 780. The molecule has 0 saturated carbocycles. The van der Waals surface area contributed by atoms with Crippen molar-refractivity contribution in [2.75, 3.05) is 32.9 Å². The van der Waals surface area contributed by atoms with Gasteiger partial charge in [0, 0.05) is 19.7 Å². The summed E-state index contributed by atoms with van der Waals surface area (Å²) in [4.78, 5) is 38.7. The lowest BCUT2D eigenvalue weighted by molar-refractivity contribution is -0.154. The summed E-state index contributed by atoms with van der Waals surface area (Å²) >= 11 is 0. The minimum absolute atomic E-state index is 0.0290. The van der Waals surface area contributed by atoms with Gasteiger partial charge in [0.05, 0.1) is 12.5 Å². The molecule has 0 aliphatic carbocycles. The minimum Gasteiger partial charge on any atom is -0.484 e. The average molecular weight is 433 g/mol. The van der Waals surface area contributed by atoms with Crippen molar-refractivity contribution in [1.82, 2.24) is 10.2 Å². The van der Waals surface area contributed by atoms with E-state index in [4.69, 9.17) is 14.2 Å². The molecule has 0 aromatic heterocycles. The number of nitrogens with zero attached hydrogens (tertiary/aromatic N) is 1. The molecule has 8 heteroatoms. The third-order valence-corrected chi connectivity index (χ3v) is 5.55. The van der Waals surface area contributed by atoms with Crippen molar-refractivity contribution in [3.8, 4) is 5.75 Å². The molecule has 8 nitrogen and oxygen atoms in total. The predicted octanol–water partition coefficient (Wildman–Crippen LogP) is 1.80. The fraction of sp³-hybridized carbons (Fsp3) is 0.609. The summed E-state index contributed by atoms with van der Waals surface area (Å²) in [5, 5.41) is 2.71. The van der Waals surface area contributed by atoms with Crippen molar-refractivity contribution in [2.45, 2.75) is 57.6 Å². The lowest BCUT2D eigenvalue weighted by atomic mass is 9.87. The molecule has 31 heavy (non-hydrogen) atoms. The van der Waals surface area contributed by atoms with Crippen LogP contribution in [-0.2, 0) is 29.3 Å². The fourth-order valence-electron chi connectivity index (χ4n) is 3.67. The third-order valence-electron chi connectivity index (χ3n) is 5.55. The number of ether oxygens (including phenoxy) is 3. The number of benzene rings is 1. The molecule has 1 aromatic carbocycles. The summed E-state index contributed by atoms with van der Waals surface area (Å²) in [5.74, 6) is -0.640. The molecule has 0 radical (unpaired) electrons. The van der Waals surface area contributed by atoms with Gasteiger partial charge in [-0.15, -0.1) is 0 Å². The lowest BCUT2D eigenvalue weighted by Crippen LogP contribution is -2.58. The fourth-order valence-corrected chi connectivity index (χ4v) is 3.67. The molecule has 2 saturated heterocycles. The van der Waals surface area contributed by atoms with Crippen molar-refractivity contribution in [2.24, 2.45) is 0 Å². The van der Waals surface area contributed by atoms with E-state index in [2.05, 4.69) is 26.1 Å². The normalized spacial score (nSPS) is 21.5. The highest BCUT2D eigenvalue weighted by molar-refractivity contribution is 5.92. The summed E-state index contributed by atoms with van der Waals surface area (Å²) in [6.07, 6.45) is 1.54. The largest absolute Gasteiger partial charge is 0.484 e. The molecule has 1 aromatic rings. The van der Waals surface area contributed by atoms with Gasteiger partial charge in [0.15, 0.2) is 6.61 Å². The van der Waals surface area contributed by atoms with E-state index in [0.717, 1.165) is 12.8 Å². The first-order valence-electron chi connectivity index (χ1n) is 10.8. The van der Waals surface area contributed by atoms with Gasteiger partial charge in [-0.05, 0) is 36.0 Å². The van der Waals surface area contributed by atoms with E-state index in [1.807, 2.05) is 24.3 Å². The number of esters is 1. The SMILES string of the molecule is CC(C)(C)c1ccc(OCC(=O)N2CCNC(=O)[C@@H]2CC(=O)OC[C@@H]2CCCO2)cc1. The Labute approximate surface area is 183 Å². The van der Waals surface area contributed by atoms with E-state index in [1.54, 1.807) is 0 Å². The second-order valence-electron chi connectivity index (χ2n) is 8.98. The van der Waals surface area contributed by atoms with E-state index in [-0.39, 0.29) is 43.0 Å². The van der Waals surface area contributed by atoms with Crippen LogP contribution in [0.3, 0.4) is 0 Å². The standard InChI is InChI=1S/C23H32N2O6/c1-23(2,3)16-6-8-17(9-7-16)30-15-20(26)25-11-10-24-22(28)19(25)13-21(27)31-14-18-5-4-12-29-18/h6-9,18-19H,4-5,10-15H2,1-3H3,(H,24,28)/t18-,19-/m0/s1. The molecular weight excluding hydrogens is 400 g/mol. The Hall–Kier alpha value is -2.61. The molecule has 0 bridgehead atoms. The number of carbonyl (C=O) groups is 3. The molecule has 170 valence electrons. The zero-order valence-corrected chi connectivity index (χ0v) is 18.5. The zero-order valence-electron chi connectivity index (χ0n) is 18.5. The zero-order chi connectivity index (χ0) is 22.4. The Balaban J connectivity index is 1.53. The monoisotopic (exact) mass is 432 g/mol. The van der Waals surface area contributed by atoms with Gasteiger partial charge in [0.1, 0.15) is 18.4 Å². The molecule has 3 rings (SSSR count). The van der Waals surface area contributed by atoms with E-state index in [9.17, 15) is 14.4 Å². The minimum atomic E-state index is -0.898. The van der Waals surface area contributed by atoms with Crippen molar-refractivity contribution in [3.05, 3.63) is 29.8 Å². The lowest BCUT2D eigenvalue weighted by Gasteiger charge is -2.34. The molecule has 2 atom stereocenters. The maximum Gasteiger partial charge on any atom is 0.308 e. The number of amides is 2. The molecule has 2 amide bonds. The van der Waals surface area contributed by atoms with Crippen LogP contribution in [0.25, 0.3) is 0 Å².